The predicted molar refractivity (Wildman–Crippen MR) is 75.3 cm³/mol. The van der Waals surface area contributed by atoms with Crippen LogP contribution in [0.1, 0.15) is 21.1 Å². The molecule has 0 spiro atoms. The van der Waals surface area contributed by atoms with Gasteiger partial charge in [0, 0.05) is 15.2 Å². The average Bonchev–Trinajstić information content (AvgIpc) is 2.28. The minimum absolute atomic E-state index is 0.777. The highest BCUT2D eigenvalue weighted by Crippen LogP contribution is 2.07. The molecule has 0 aliphatic heterocycles. The van der Waals surface area contributed by atoms with E-state index in [9.17, 15) is 0 Å². The Morgan fingerprint density at radius 2 is 1.81 bits per heavy atom. The number of benzene rings is 1. The topological polar surface area (TPSA) is 0 Å². The summed E-state index contributed by atoms with van der Waals surface area (Å²) in [5, 5.41) is 0. The molecule has 86 valence electrons. The first-order chi connectivity index (χ1) is 8.33. The van der Waals surface area contributed by atoms with E-state index in [-0.39, 0.29) is 0 Å². The van der Waals surface area contributed by atoms with Crippen LogP contribution in [0, 0.1) is 11.8 Å². The van der Waals surface area contributed by atoms with Crippen LogP contribution in [0.25, 0.3) is 0 Å². The number of hydrogen-bond acceptors (Lipinski definition) is 0. The third-order valence-electron chi connectivity index (χ3n) is 2.14. The molecule has 16 heavy (non-hydrogen) atoms. The smallest absolute Gasteiger partial charge is 0.0573 e. The van der Waals surface area contributed by atoms with Crippen LogP contribution < -0.4 is 0 Å². The average molecular weight is 232 g/mol. The van der Waals surface area contributed by atoms with Crippen LogP contribution in [0.2, 0.25) is 25.6 Å². The summed E-state index contributed by atoms with van der Waals surface area (Å²) < 4.78 is 15.9. The Labute approximate surface area is 104 Å². The highest BCUT2D eigenvalue weighted by atomic mass is 28.3. The number of rotatable bonds is 4. The van der Waals surface area contributed by atoms with Crippen LogP contribution in [0.5, 0.6) is 0 Å². The minimum Gasteiger partial charge on any atom is -0.106 e. The molecule has 0 aliphatic carbocycles. The molecule has 0 unspecified atom stereocenters. The van der Waals surface area contributed by atoms with Gasteiger partial charge in [-0.1, -0.05) is 50.0 Å². The molecule has 0 aromatic heterocycles. The lowest BCUT2D eigenvalue weighted by Crippen LogP contribution is -2.17. The van der Waals surface area contributed by atoms with Crippen molar-refractivity contribution < 1.29 is 2.74 Å². The molecule has 0 atom stereocenters. The molecule has 0 heterocycles. The molecule has 0 fully saturated rings. The van der Waals surface area contributed by atoms with E-state index in [1.807, 2.05) is 37.8 Å². The maximum absolute atomic E-state index is 7.93. The van der Waals surface area contributed by atoms with Gasteiger partial charge in [0.2, 0.25) is 0 Å². The van der Waals surface area contributed by atoms with Gasteiger partial charge in [-0.05, 0) is 18.4 Å². The first kappa shape index (κ1) is 10.2. The van der Waals surface area contributed by atoms with E-state index in [2.05, 4.69) is 24.0 Å². The van der Waals surface area contributed by atoms with Crippen molar-refractivity contribution >= 4 is 8.07 Å². The fraction of sp³-hybridized carbons (Fsp3) is 0.467. The molecule has 0 saturated heterocycles. The largest absolute Gasteiger partial charge is 0.106 e. The number of hydrogen-bond donors (Lipinski definition) is 0. The summed E-state index contributed by atoms with van der Waals surface area (Å²) in [6, 6.07) is 10.4. The zero-order chi connectivity index (χ0) is 13.6. The minimum atomic E-state index is -1.85. The lowest BCUT2D eigenvalue weighted by Gasteiger charge is -2.09. The molecule has 0 aliphatic rings. The highest BCUT2D eigenvalue weighted by molar-refractivity contribution is 6.76. The zero-order valence-corrected chi connectivity index (χ0v) is 11.5. The van der Waals surface area contributed by atoms with Gasteiger partial charge in [0.25, 0.3) is 0 Å². The molecule has 0 radical (unpaired) electrons. The second-order valence-electron chi connectivity index (χ2n) is 5.02. The van der Waals surface area contributed by atoms with E-state index < -0.39 is 14.1 Å². The fourth-order valence-electron chi connectivity index (χ4n) is 1.32. The maximum Gasteiger partial charge on any atom is 0.0573 e. The quantitative estimate of drug-likeness (QED) is 0.411. The van der Waals surface area contributed by atoms with Crippen LogP contribution >= 0.6 is 0 Å². The Morgan fingerprint density at radius 3 is 2.44 bits per heavy atom. The van der Waals surface area contributed by atoms with E-state index in [0.29, 0.717) is 0 Å². The van der Waals surface area contributed by atoms with Gasteiger partial charge < -0.3 is 0 Å². The summed E-state index contributed by atoms with van der Waals surface area (Å²) in [5.74, 6) is 4.56. The van der Waals surface area contributed by atoms with Crippen LogP contribution in [0.3, 0.4) is 0 Å². The Bertz CT molecular complexity index is 421. The molecular formula is C15H22Si. The van der Waals surface area contributed by atoms with Crippen molar-refractivity contribution in [3.05, 3.63) is 35.9 Å². The van der Waals surface area contributed by atoms with Crippen molar-refractivity contribution in [2.45, 2.75) is 44.9 Å². The molecule has 1 rings (SSSR count). The predicted octanol–water partition coefficient (Wildman–Crippen LogP) is 4.35. The summed E-state index contributed by atoms with van der Waals surface area (Å²) >= 11 is 0. The molecule has 0 N–H and O–H groups in total. The second-order valence-corrected chi connectivity index (χ2v) is 9.77. The molecule has 0 bridgehead atoms. The normalized spacial score (nSPS) is 13.4. The lowest BCUT2D eigenvalue weighted by atomic mass is 10.1. The van der Waals surface area contributed by atoms with Crippen LogP contribution in [0.4, 0.5) is 0 Å². The Kier molecular flexibility index (Phi) is 4.16. The van der Waals surface area contributed by atoms with Gasteiger partial charge in [0.15, 0.2) is 0 Å². The molecule has 0 amide bonds. The van der Waals surface area contributed by atoms with Gasteiger partial charge in [0.1, 0.15) is 0 Å². The highest BCUT2D eigenvalue weighted by Gasteiger charge is 2.09. The first-order valence-corrected chi connectivity index (χ1v) is 9.37. The van der Waals surface area contributed by atoms with Gasteiger partial charge in [-0.15, -0.1) is 11.8 Å². The molecule has 0 saturated carbocycles. The van der Waals surface area contributed by atoms with Crippen LogP contribution in [-0.2, 0) is 6.42 Å². The van der Waals surface area contributed by atoms with Crippen molar-refractivity contribution in [1.82, 2.24) is 0 Å². The zero-order valence-electron chi connectivity index (χ0n) is 12.5. The van der Waals surface area contributed by atoms with Crippen molar-refractivity contribution in [3.63, 3.8) is 0 Å². The van der Waals surface area contributed by atoms with E-state index >= 15 is 0 Å². The fourth-order valence-corrected chi connectivity index (χ4v) is 1.78. The molecule has 1 heteroatoms. The summed E-state index contributed by atoms with van der Waals surface area (Å²) in [4.78, 5) is 0. The first-order valence-electron chi connectivity index (χ1n) is 6.87. The van der Waals surface area contributed by atoms with Crippen LogP contribution in [0.15, 0.2) is 30.3 Å². The van der Waals surface area contributed by atoms with Gasteiger partial charge in [-0.2, -0.15) is 0 Å². The Balaban J connectivity index is 2.39. The number of unbranched alkanes of at least 4 members (excludes halogenated alkanes) is 1. The van der Waals surface area contributed by atoms with E-state index in [1.54, 1.807) is 0 Å². The summed E-state index contributed by atoms with van der Waals surface area (Å²) in [6.07, 6.45) is 2.79. The van der Waals surface area contributed by atoms with E-state index in [4.69, 9.17) is 2.74 Å². The molecule has 1 aromatic carbocycles. The summed E-state index contributed by atoms with van der Waals surface area (Å²) in [7, 11) is -1.85. The van der Waals surface area contributed by atoms with Crippen molar-refractivity contribution in [2.75, 3.05) is 0 Å². The van der Waals surface area contributed by atoms with E-state index in [1.165, 1.54) is 5.56 Å². The second kappa shape index (κ2) is 6.55. The molecular weight excluding hydrogens is 208 g/mol. The van der Waals surface area contributed by atoms with E-state index in [0.717, 1.165) is 19.3 Å². The summed E-state index contributed by atoms with van der Waals surface area (Å²) in [6.45, 7) is 6.06. The monoisotopic (exact) mass is 232 g/mol. The van der Waals surface area contributed by atoms with Crippen molar-refractivity contribution in [1.29, 1.82) is 0 Å². The van der Waals surface area contributed by atoms with Gasteiger partial charge in [-0.3, -0.25) is 0 Å². The maximum atomic E-state index is 7.93. The Morgan fingerprint density at radius 1 is 1.12 bits per heavy atom. The number of aryl methyl sites for hydroxylation is 1. The van der Waals surface area contributed by atoms with Gasteiger partial charge in [0.05, 0.1) is 8.07 Å². The third kappa shape index (κ3) is 6.47. The van der Waals surface area contributed by atoms with Crippen molar-refractivity contribution in [3.8, 4) is 11.8 Å². The molecule has 0 nitrogen and oxygen atoms in total. The molecule has 1 aromatic rings. The van der Waals surface area contributed by atoms with Gasteiger partial charge in [-0.25, -0.2) is 0 Å². The lowest BCUT2D eigenvalue weighted by molar-refractivity contribution is 0.857. The Hall–Kier alpha value is -1.00. The van der Waals surface area contributed by atoms with Gasteiger partial charge >= 0.3 is 0 Å². The van der Waals surface area contributed by atoms with Crippen molar-refractivity contribution in [2.24, 2.45) is 0 Å². The SMILES string of the molecule is [2H]C([2H])(C#CCCCc1ccccc1)[Si](C)(C)C. The van der Waals surface area contributed by atoms with Crippen LogP contribution in [-0.4, -0.2) is 8.07 Å². The standard InChI is InChI=1S/C15H22Si/c1-16(2,3)14-10-5-4-7-11-15-12-8-6-9-13-15/h6,8-9,12-13H,4,7,11,14H2,1-3H3/i14D2. The third-order valence-corrected chi connectivity index (χ3v) is 3.01. The summed E-state index contributed by atoms with van der Waals surface area (Å²) in [5.41, 5.74) is 1.33.